The average Bonchev–Trinajstić information content (AvgIpc) is 3.05. The van der Waals surface area contributed by atoms with E-state index in [2.05, 4.69) is 4.74 Å². The molecule has 1 saturated heterocycles. The van der Waals surface area contributed by atoms with E-state index in [1.54, 1.807) is 0 Å². The van der Waals surface area contributed by atoms with E-state index in [1.165, 1.54) is 0 Å². The van der Waals surface area contributed by atoms with Gasteiger partial charge in [0.1, 0.15) is 30.2 Å². The van der Waals surface area contributed by atoms with Gasteiger partial charge < -0.3 is 44.5 Å². The minimum absolute atomic E-state index is 0.00192. The molecule has 2 fully saturated rings. The van der Waals surface area contributed by atoms with Crippen LogP contribution in [0.15, 0.2) is 11.8 Å². The number of methoxy groups -OCH3 is 1. The van der Waals surface area contributed by atoms with Crippen molar-refractivity contribution < 1.29 is 54.1 Å². The van der Waals surface area contributed by atoms with Gasteiger partial charge in [0.2, 0.25) is 6.29 Å². The molecule has 0 spiro atoms. The van der Waals surface area contributed by atoms with Crippen LogP contribution in [-0.4, -0.2) is 94.6 Å². The number of aliphatic hydroxyl groups is 5. The van der Waals surface area contributed by atoms with Crippen LogP contribution in [0.5, 0.6) is 0 Å². The summed E-state index contributed by atoms with van der Waals surface area (Å²) < 4.78 is 21.0. The Morgan fingerprint density at radius 1 is 1.14 bits per heavy atom. The maximum Gasteiger partial charge on any atom is 0.337 e. The standard InChI is InChI=1S/C17H24O11/c1-25-15(24)7-5-26-16(10-6(3-18)2-8(20)11(7)10)28-17-14(23)13(22)12(21)9(4-19)27-17/h5-6,9-14,16-19,21-23H,2-4H2,1H3/t6-,9+,10+,11?,12+,13-,14+,16-,17-/m0/s1. The zero-order chi connectivity index (χ0) is 20.6. The summed E-state index contributed by atoms with van der Waals surface area (Å²) in [5.74, 6) is -3.28. The first-order chi connectivity index (χ1) is 13.3. The van der Waals surface area contributed by atoms with Crippen molar-refractivity contribution in [3.63, 3.8) is 0 Å². The van der Waals surface area contributed by atoms with Gasteiger partial charge in [0.15, 0.2) is 6.29 Å². The molecule has 3 rings (SSSR count). The summed E-state index contributed by atoms with van der Waals surface area (Å²) in [5, 5.41) is 48.8. The lowest BCUT2D eigenvalue weighted by Gasteiger charge is -2.42. The first kappa shape index (κ1) is 21.1. The highest BCUT2D eigenvalue weighted by atomic mass is 16.8. The van der Waals surface area contributed by atoms with Crippen LogP contribution in [0.1, 0.15) is 6.42 Å². The topological polar surface area (TPSA) is 172 Å². The summed E-state index contributed by atoms with van der Waals surface area (Å²) in [6.07, 6.45) is -7.66. The van der Waals surface area contributed by atoms with Crippen LogP contribution in [0.2, 0.25) is 0 Å². The number of ketones is 1. The molecule has 1 saturated carbocycles. The van der Waals surface area contributed by atoms with Gasteiger partial charge in [0, 0.05) is 18.9 Å². The number of hydrogen-bond donors (Lipinski definition) is 5. The molecule has 2 heterocycles. The van der Waals surface area contributed by atoms with Crippen molar-refractivity contribution >= 4 is 11.8 Å². The molecular formula is C17H24O11. The summed E-state index contributed by atoms with van der Waals surface area (Å²) in [7, 11) is 1.16. The van der Waals surface area contributed by atoms with E-state index in [0.29, 0.717) is 0 Å². The molecule has 0 aromatic carbocycles. The van der Waals surface area contributed by atoms with Gasteiger partial charge in [-0.15, -0.1) is 0 Å². The summed E-state index contributed by atoms with van der Waals surface area (Å²) in [4.78, 5) is 24.4. The highest BCUT2D eigenvalue weighted by Gasteiger charge is 2.55. The largest absolute Gasteiger partial charge is 0.472 e. The van der Waals surface area contributed by atoms with Crippen molar-refractivity contribution in [2.24, 2.45) is 17.8 Å². The number of rotatable bonds is 5. The number of aliphatic hydroxyl groups excluding tert-OH is 5. The van der Waals surface area contributed by atoms with E-state index in [4.69, 9.17) is 14.2 Å². The first-order valence-electron chi connectivity index (χ1n) is 8.87. The van der Waals surface area contributed by atoms with Crippen molar-refractivity contribution in [3.05, 3.63) is 11.8 Å². The normalized spacial score (nSPS) is 43.1. The minimum Gasteiger partial charge on any atom is -0.472 e. The molecule has 2 aliphatic heterocycles. The summed E-state index contributed by atoms with van der Waals surface area (Å²) >= 11 is 0. The summed E-state index contributed by atoms with van der Waals surface area (Å²) in [5.41, 5.74) is 0.00195. The third kappa shape index (κ3) is 3.54. The van der Waals surface area contributed by atoms with E-state index in [-0.39, 0.29) is 24.4 Å². The van der Waals surface area contributed by atoms with E-state index < -0.39 is 67.3 Å². The van der Waals surface area contributed by atoms with Crippen LogP contribution in [0.3, 0.4) is 0 Å². The predicted molar refractivity (Wildman–Crippen MR) is 87.0 cm³/mol. The van der Waals surface area contributed by atoms with Crippen LogP contribution in [0.4, 0.5) is 0 Å². The molecule has 0 aromatic rings. The number of carbonyl (C=O) groups excluding carboxylic acids is 2. The number of fused-ring (bicyclic) bond motifs is 1. The van der Waals surface area contributed by atoms with Crippen LogP contribution in [-0.2, 0) is 28.5 Å². The monoisotopic (exact) mass is 404 g/mol. The zero-order valence-corrected chi connectivity index (χ0v) is 15.1. The highest BCUT2D eigenvalue weighted by Crippen LogP contribution is 2.45. The maximum absolute atomic E-state index is 12.4. The lowest BCUT2D eigenvalue weighted by molar-refractivity contribution is -0.342. The number of hydrogen-bond acceptors (Lipinski definition) is 11. The molecular weight excluding hydrogens is 380 g/mol. The van der Waals surface area contributed by atoms with Gasteiger partial charge in [-0.3, -0.25) is 4.79 Å². The fraction of sp³-hybridized carbons (Fsp3) is 0.765. The summed E-state index contributed by atoms with van der Waals surface area (Å²) in [6, 6.07) is 0. The molecule has 11 heteroatoms. The Morgan fingerprint density at radius 3 is 2.46 bits per heavy atom. The fourth-order valence-electron chi connectivity index (χ4n) is 3.99. The Morgan fingerprint density at radius 2 is 1.86 bits per heavy atom. The molecule has 28 heavy (non-hydrogen) atoms. The molecule has 1 unspecified atom stereocenters. The fourth-order valence-corrected chi connectivity index (χ4v) is 3.99. The lowest BCUT2D eigenvalue weighted by atomic mass is 9.82. The van der Waals surface area contributed by atoms with Crippen LogP contribution >= 0.6 is 0 Å². The lowest BCUT2D eigenvalue weighted by Crippen LogP contribution is -2.60. The first-order valence-corrected chi connectivity index (χ1v) is 8.87. The molecule has 3 aliphatic rings. The van der Waals surface area contributed by atoms with Crippen molar-refractivity contribution in [2.45, 2.75) is 43.4 Å². The van der Waals surface area contributed by atoms with E-state index in [0.717, 1.165) is 13.4 Å². The second-order valence-electron chi connectivity index (χ2n) is 7.07. The third-order valence-corrected chi connectivity index (χ3v) is 5.49. The second-order valence-corrected chi connectivity index (χ2v) is 7.07. The number of ether oxygens (including phenoxy) is 4. The molecule has 0 aromatic heterocycles. The molecule has 11 nitrogen and oxygen atoms in total. The van der Waals surface area contributed by atoms with Crippen LogP contribution in [0, 0.1) is 17.8 Å². The smallest absolute Gasteiger partial charge is 0.337 e. The van der Waals surface area contributed by atoms with Gasteiger partial charge in [0.25, 0.3) is 0 Å². The Kier molecular flexibility index (Phi) is 6.34. The van der Waals surface area contributed by atoms with E-state index in [9.17, 15) is 35.1 Å². The summed E-state index contributed by atoms with van der Waals surface area (Å²) in [6.45, 7) is -0.994. The highest BCUT2D eigenvalue weighted by molar-refractivity contribution is 5.99. The average molecular weight is 404 g/mol. The van der Waals surface area contributed by atoms with Crippen LogP contribution < -0.4 is 0 Å². The maximum atomic E-state index is 12.4. The SMILES string of the molecule is COC(=O)C1=CO[C@@H](O[C@@H]2O[C@H](CO)[C@@H](O)[C@H](O)[C@H]2O)[C@H]2C1C(=O)C[C@H]2CO. The number of carbonyl (C=O) groups is 2. The van der Waals surface area contributed by atoms with Crippen LogP contribution in [0.25, 0.3) is 0 Å². The molecule has 158 valence electrons. The van der Waals surface area contributed by atoms with Gasteiger partial charge in [-0.2, -0.15) is 0 Å². The Bertz CT molecular complexity index is 633. The van der Waals surface area contributed by atoms with Gasteiger partial charge in [-0.25, -0.2) is 4.79 Å². The molecule has 0 radical (unpaired) electrons. The van der Waals surface area contributed by atoms with Crippen molar-refractivity contribution in [2.75, 3.05) is 20.3 Å². The van der Waals surface area contributed by atoms with E-state index >= 15 is 0 Å². The zero-order valence-electron chi connectivity index (χ0n) is 15.1. The molecule has 5 N–H and O–H groups in total. The van der Waals surface area contributed by atoms with Gasteiger partial charge in [0.05, 0.1) is 31.5 Å². The quantitative estimate of drug-likeness (QED) is 0.296. The Hall–Kier alpha value is -1.60. The molecule has 0 bridgehead atoms. The van der Waals surface area contributed by atoms with Gasteiger partial charge in [-0.05, 0) is 5.92 Å². The van der Waals surface area contributed by atoms with Gasteiger partial charge >= 0.3 is 5.97 Å². The minimum atomic E-state index is -1.66. The van der Waals surface area contributed by atoms with Crippen molar-refractivity contribution in [3.8, 4) is 0 Å². The Labute approximate surface area is 160 Å². The van der Waals surface area contributed by atoms with Crippen molar-refractivity contribution in [1.29, 1.82) is 0 Å². The predicted octanol–water partition coefficient (Wildman–Crippen LogP) is -2.97. The van der Waals surface area contributed by atoms with Crippen molar-refractivity contribution in [1.82, 2.24) is 0 Å². The number of esters is 1. The van der Waals surface area contributed by atoms with Gasteiger partial charge in [-0.1, -0.05) is 0 Å². The third-order valence-electron chi connectivity index (χ3n) is 5.49. The second kappa shape index (κ2) is 8.41. The Balaban J connectivity index is 1.84. The van der Waals surface area contributed by atoms with E-state index in [1.807, 2.05) is 0 Å². The molecule has 1 aliphatic carbocycles. The molecule has 0 amide bonds. The molecule has 9 atom stereocenters. The number of Topliss-reactive ketones (excluding diaryl/α,β-unsaturated/α-hetero) is 1.